The molecule has 1 aromatic carbocycles. The highest BCUT2D eigenvalue weighted by atomic mass is 32.1. The van der Waals surface area contributed by atoms with Crippen molar-refractivity contribution in [3.05, 3.63) is 53.1 Å². The van der Waals surface area contributed by atoms with Crippen molar-refractivity contribution in [3.8, 4) is 11.5 Å². The molecule has 0 saturated heterocycles. The summed E-state index contributed by atoms with van der Waals surface area (Å²) < 4.78 is 19.1. The molecule has 0 bridgehead atoms. The second-order valence-corrected chi connectivity index (χ2v) is 4.80. The van der Waals surface area contributed by atoms with Crippen LogP contribution < -0.4 is 10.5 Å². The summed E-state index contributed by atoms with van der Waals surface area (Å²) in [5, 5.41) is 0. The minimum absolute atomic E-state index is 0.0950. The molecule has 1 aromatic heterocycles. The highest BCUT2D eigenvalue weighted by Crippen LogP contribution is 2.28. The van der Waals surface area contributed by atoms with Crippen LogP contribution in [0.15, 0.2) is 30.3 Å². The number of pyridine rings is 1. The first kappa shape index (κ1) is 14.4. The Morgan fingerprint density at radius 3 is 2.65 bits per heavy atom. The standard InChI is InChI=1S/C15H15FN2OS/c1-3-12-14(6-4-9(2)18-12)19-13-7-5-10(16)8-11(13)15(17)20/h4-8H,3H2,1-2H3,(H2,17,20). The van der Waals surface area contributed by atoms with E-state index in [1.54, 1.807) is 0 Å². The van der Waals surface area contributed by atoms with Crippen LogP contribution in [0.2, 0.25) is 0 Å². The van der Waals surface area contributed by atoms with Crippen LogP contribution in [0.4, 0.5) is 4.39 Å². The third kappa shape index (κ3) is 3.11. The van der Waals surface area contributed by atoms with Gasteiger partial charge in [-0.3, -0.25) is 4.98 Å². The van der Waals surface area contributed by atoms with Crippen molar-refractivity contribution in [2.24, 2.45) is 5.73 Å². The number of hydrogen-bond donors (Lipinski definition) is 1. The van der Waals surface area contributed by atoms with E-state index < -0.39 is 5.82 Å². The van der Waals surface area contributed by atoms with E-state index in [0.29, 0.717) is 17.1 Å². The molecular formula is C15H15FN2OS. The average molecular weight is 290 g/mol. The van der Waals surface area contributed by atoms with Gasteiger partial charge in [0.1, 0.15) is 22.3 Å². The highest BCUT2D eigenvalue weighted by Gasteiger charge is 2.11. The van der Waals surface area contributed by atoms with Gasteiger partial charge in [-0.25, -0.2) is 4.39 Å². The van der Waals surface area contributed by atoms with Crippen LogP contribution in [0.5, 0.6) is 11.5 Å². The molecule has 0 aliphatic heterocycles. The van der Waals surface area contributed by atoms with Crippen molar-refractivity contribution in [3.63, 3.8) is 0 Å². The van der Waals surface area contributed by atoms with E-state index in [-0.39, 0.29) is 4.99 Å². The lowest BCUT2D eigenvalue weighted by molar-refractivity contribution is 0.470. The van der Waals surface area contributed by atoms with Crippen LogP contribution in [0, 0.1) is 12.7 Å². The van der Waals surface area contributed by atoms with Gasteiger partial charge in [-0.15, -0.1) is 0 Å². The van der Waals surface area contributed by atoms with E-state index >= 15 is 0 Å². The fourth-order valence-corrected chi connectivity index (χ4v) is 2.01. The van der Waals surface area contributed by atoms with Gasteiger partial charge in [-0.2, -0.15) is 0 Å². The fourth-order valence-electron chi connectivity index (χ4n) is 1.85. The number of halogens is 1. The highest BCUT2D eigenvalue weighted by molar-refractivity contribution is 7.80. The number of nitrogens with two attached hydrogens (primary N) is 1. The smallest absolute Gasteiger partial charge is 0.148 e. The number of aryl methyl sites for hydroxylation is 2. The lowest BCUT2D eigenvalue weighted by atomic mass is 10.2. The molecule has 0 saturated carbocycles. The second-order valence-electron chi connectivity index (χ2n) is 4.36. The topological polar surface area (TPSA) is 48.1 Å². The Balaban J connectivity index is 2.42. The Kier molecular flexibility index (Phi) is 4.29. The van der Waals surface area contributed by atoms with Crippen LogP contribution >= 0.6 is 12.2 Å². The number of benzene rings is 1. The predicted molar refractivity (Wildman–Crippen MR) is 80.7 cm³/mol. The Morgan fingerprint density at radius 2 is 2.00 bits per heavy atom. The third-order valence-electron chi connectivity index (χ3n) is 2.83. The van der Waals surface area contributed by atoms with Crippen LogP contribution in [-0.2, 0) is 6.42 Å². The molecule has 1 heterocycles. The molecule has 2 aromatic rings. The summed E-state index contributed by atoms with van der Waals surface area (Å²) in [5.74, 6) is 0.652. The van der Waals surface area contributed by atoms with Crippen molar-refractivity contribution in [1.82, 2.24) is 4.98 Å². The Labute approximate surface area is 122 Å². The number of ether oxygens (including phenoxy) is 1. The molecule has 0 atom stereocenters. The lowest BCUT2D eigenvalue weighted by Gasteiger charge is -2.13. The zero-order valence-corrected chi connectivity index (χ0v) is 12.1. The van der Waals surface area contributed by atoms with Gasteiger partial charge < -0.3 is 10.5 Å². The first-order valence-corrected chi connectivity index (χ1v) is 6.65. The molecule has 5 heteroatoms. The molecule has 2 N–H and O–H groups in total. The molecule has 20 heavy (non-hydrogen) atoms. The SMILES string of the molecule is CCc1nc(C)ccc1Oc1ccc(F)cc1C(N)=S. The number of nitrogens with zero attached hydrogens (tertiary/aromatic N) is 1. The number of aromatic nitrogens is 1. The van der Waals surface area contributed by atoms with Crippen LogP contribution in [0.25, 0.3) is 0 Å². The summed E-state index contributed by atoms with van der Waals surface area (Å²) >= 11 is 4.92. The van der Waals surface area contributed by atoms with E-state index in [9.17, 15) is 4.39 Å². The third-order valence-corrected chi connectivity index (χ3v) is 3.05. The molecule has 0 amide bonds. The maximum Gasteiger partial charge on any atom is 0.148 e. The van der Waals surface area contributed by atoms with Crippen molar-refractivity contribution < 1.29 is 9.13 Å². The Morgan fingerprint density at radius 1 is 1.30 bits per heavy atom. The normalized spacial score (nSPS) is 10.3. The van der Waals surface area contributed by atoms with Gasteiger partial charge in [0.05, 0.1) is 11.3 Å². The molecule has 0 fully saturated rings. The van der Waals surface area contributed by atoms with Gasteiger partial charge in [0, 0.05) is 5.69 Å². The van der Waals surface area contributed by atoms with E-state index in [1.807, 2.05) is 26.0 Å². The first-order valence-electron chi connectivity index (χ1n) is 6.25. The monoisotopic (exact) mass is 290 g/mol. The summed E-state index contributed by atoms with van der Waals surface area (Å²) in [7, 11) is 0. The quantitative estimate of drug-likeness (QED) is 0.875. The lowest BCUT2D eigenvalue weighted by Crippen LogP contribution is -2.11. The number of rotatable bonds is 4. The van der Waals surface area contributed by atoms with Crippen molar-refractivity contribution in [2.75, 3.05) is 0 Å². The molecule has 3 nitrogen and oxygen atoms in total. The number of hydrogen-bond acceptors (Lipinski definition) is 3. The molecule has 2 rings (SSSR count). The predicted octanol–water partition coefficient (Wildman–Crippen LogP) is 3.52. The molecule has 104 valence electrons. The average Bonchev–Trinajstić information content (AvgIpc) is 2.42. The van der Waals surface area contributed by atoms with Crippen LogP contribution in [0.1, 0.15) is 23.9 Å². The minimum atomic E-state index is -0.405. The summed E-state index contributed by atoms with van der Waals surface area (Å²) in [6.45, 7) is 3.91. The summed E-state index contributed by atoms with van der Waals surface area (Å²) in [5.41, 5.74) is 7.73. The fraction of sp³-hybridized carbons (Fsp3) is 0.200. The Hall–Kier alpha value is -2.01. The Bertz CT molecular complexity index is 658. The zero-order chi connectivity index (χ0) is 14.7. The van der Waals surface area contributed by atoms with Crippen molar-refractivity contribution >= 4 is 17.2 Å². The van der Waals surface area contributed by atoms with Gasteiger partial charge in [0.25, 0.3) is 0 Å². The maximum absolute atomic E-state index is 13.3. The van der Waals surface area contributed by atoms with Crippen molar-refractivity contribution in [2.45, 2.75) is 20.3 Å². The molecule has 0 unspecified atom stereocenters. The molecule has 0 aliphatic carbocycles. The van der Waals surface area contributed by atoms with Crippen molar-refractivity contribution in [1.29, 1.82) is 0 Å². The van der Waals surface area contributed by atoms with Gasteiger partial charge in [-0.1, -0.05) is 19.1 Å². The van der Waals surface area contributed by atoms with E-state index in [0.717, 1.165) is 17.8 Å². The second kappa shape index (κ2) is 5.96. The minimum Gasteiger partial charge on any atom is -0.455 e. The van der Waals surface area contributed by atoms with E-state index in [4.69, 9.17) is 22.7 Å². The van der Waals surface area contributed by atoms with Gasteiger partial charge in [-0.05, 0) is 43.7 Å². The van der Waals surface area contributed by atoms with Gasteiger partial charge in [0.15, 0.2) is 0 Å². The van der Waals surface area contributed by atoms with Crippen LogP contribution in [-0.4, -0.2) is 9.97 Å². The maximum atomic E-state index is 13.3. The van der Waals surface area contributed by atoms with Gasteiger partial charge >= 0.3 is 0 Å². The summed E-state index contributed by atoms with van der Waals surface area (Å²) in [6, 6.07) is 7.80. The summed E-state index contributed by atoms with van der Waals surface area (Å²) in [6.07, 6.45) is 0.737. The molecular weight excluding hydrogens is 275 g/mol. The summed E-state index contributed by atoms with van der Waals surface area (Å²) in [4.78, 5) is 4.51. The molecule has 0 aliphatic rings. The first-order chi connectivity index (χ1) is 9.51. The largest absolute Gasteiger partial charge is 0.455 e. The van der Waals surface area contributed by atoms with E-state index in [1.165, 1.54) is 18.2 Å². The molecule has 0 spiro atoms. The van der Waals surface area contributed by atoms with E-state index in [2.05, 4.69) is 4.98 Å². The zero-order valence-electron chi connectivity index (χ0n) is 11.3. The number of thiocarbonyl (C=S) groups is 1. The van der Waals surface area contributed by atoms with Crippen LogP contribution in [0.3, 0.4) is 0 Å². The van der Waals surface area contributed by atoms with Gasteiger partial charge in [0.2, 0.25) is 0 Å². The molecule has 0 radical (unpaired) electrons.